The number of ether oxygens (including phenoxy) is 3. The fourth-order valence-electron chi connectivity index (χ4n) is 3.74. The van der Waals surface area contributed by atoms with Crippen LogP contribution in [0.5, 0.6) is 11.5 Å². The molecule has 1 amide bonds. The Labute approximate surface area is 210 Å². The normalized spacial score (nSPS) is 13.1. The van der Waals surface area contributed by atoms with E-state index >= 15 is 0 Å². The van der Waals surface area contributed by atoms with Crippen LogP contribution in [0.2, 0.25) is 0 Å². The van der Waals surface area contributed by atoms with Crippen molar-refractivity contribution in [3.05, 3.63) is 58.4 Å². The number of carbonyl (C=O) groups is 2. The molecule has 1 aromatic heterocycles. The zero-order valence-corrected chi connectivity index (χ0v) is 21.8. The summed E-state index contributed by atoms with van der Waals surface area (Å²) >= 11 is 0. The van der Waals surface area contributed by atoms with Gasteiger partial charge in [-0.2, -0.15) is 0 Å². The maximum atomic E-state index is 13.1. The van der Waals surface area contributed by atoms with Crippen LogP contribution in [0.4, 0.5) is 4.79 Å². The summed E-state index contributed by atoms with van der Waals surface area (Å²) in [7, 11) is 1.59. The minimum absolute atomic E-state index is 0.203. The van der Waals surface area contributed by atoms with E-state index in [1.807, 2.05) is 38.1 Å². The van der Waals surface area contributed by atoms with Gasteiger partial charge in [-0.3, -0.25) is 0 Å². The molecule has 0 radical (unpaired) electrons. The first-order valence-electron chi connectivity index (χ1n) is 11.9. The van der Waals surface area contributed by atoms with Crippen molar-refractivity contribution >= 4 is 23.0 Å². The first kappa shape index (κ1) is 26.8. The van der Waals surface area contributed by atoms with Gasteiger partial charge in [-0.1, -0.05) is 32.4 Å². The number of alkyl carbamates (subject to hydrolysis) is 1. The van der Waals surface area contributed by atoms with Crippen LogP contribution in [0.15, 0.2) is 51.7 Å². The lowest BCUT2D eigenvalue weighted by molar-refractivity contribution is -0.138. The maximum Gasteiger partial charge on any atom is 0.408 e. The molecule has 0 aliphatic carbocycles. The third kappa shape index (κ3) is 6.24. The molecule has 3 rings (SSSR count). The Kier molecular flexibility index (Phi) is 8.07. The van der Waals surface area contributed by atoms with E-state index in [4.69, 9.17) is 18.6 Å². The van der Waals surface area contributed by atoms with E-state index in [1.165, 1.54) is 6.07 Å². The highest BCUT2D eigenvalue weighted by Gasteiger charge is 2.30. The van der Waals surface area contributed by atoms with Gasteiger partial charge in [0.2, 0.25) is 0 Å². The molecule has 0 bridgehead atoms. The van der Waals surface area contributed by atoms with Gasteiger partial charge < -0.3 is 23.9 Å². The van der Waals surface area contributed by atoms with E-state index in [9.17, 15) is 14.4 Å². The molecule has 0 saturated carbocycles. The Morgan fingerprint density at radius 1 is 1.08 bits per heavy atom. The van der Waals surface area contributed by atoms with Crippen LogP contribution in [0.1, 0.15) is 46.6 Å². The highest BCUT2D eigenvalue weighted by molar-refractivity contribution is 5.96. The summed E-state index contributed by atoms with van der Waals surface area (Å²) in [6, 6.07) is 11.2. The summed E-state index contributed by atoms with van der Waals surface area (Å²) in [6.07, 6.45) is -0.0677. The third-order valence-electron chi connectivity index (χ3n) is 5.86. The summed E-state index contributed by atoms with van der Waals surface area (Å²) < 4.78 is 21.7. The minimum Gasteiger partial charge on any atom is -0.497 e. The number of esters is 1. The fourth-order valence-corrected chi connectivity index (χ4v) is 3.74. The predicted molar refractivity (Wildman–Crippen MR) is 137 cm³/mol. The lowest BCUT2D eigenvalue weighted by Gasteiger charge is -2.25. The predicted octanol–water partition coefficient (Wildman–Crippen LogP) is 5.62. The Morgan fingerprint density at radius 2 is 1.75 bits per heavy atom. The lowest BCUT2D eigenvalue weighted by Crippen LogP contribution is -2.48. The Bertz CT molecular complexity index is 1300. The summed E-state index contributed by atoms with van der Waals surface area (Å²) in [5.41, 5.74) is 1.09. The molecule has 36 heavy (non-hydrogen) atoms. The molecule has 2 atom stereocenters. The number of hydrogen-bond acceptors (Lipinski definition) is 7. The number of nitrogens with one attached hydrogen (secondary N) is 1. The van der Waals surface area contributed by atoms with Gasteiger partial charge in [0.05, 0.1) is 7.11 Å². The van der Waals surface area contributed by atoms with Gasteiger partial charge in [0.1, 0.15) is 28.7 Å². The smallest absolute Gasteiger partial charge is 0.408 e. The molecule has 0 spiro atoms. The van der Waals surface area contributed by atoms with Crippen molar-refractivity contribution < 1.29 is 28.2 Å². The van der Waals surface area contributed by atoms with Crippen LogP contribution >= 0.6 is 0 Å². The summed E-state index contributed by atoms with van der Waals surface area (Å²) in [5.74, 6) is 0.103. The van der Waals surface area contributed by atoms with Crippen LogP contribution in [0.3, 0.4) is 0 Å². The number of methoxy groups -OCH3 is 1. The topological polar surface area (TPSA) is 104 Å². The van der Waals surface area contributed by atoms with Crippen molar-refractivity contribution in [2.45, 2.75) is 59.6 Å². The molecule has 0 aliphatic heterocycles. The number of rotatable bonds is 7. The molecule has 192 valence electrons. The first-order valence-corrected chi connectivity index (χ1v) is 11.9. The van der Waals surface area contributed by atoms with Gasteiger partial charge in [0.25, 0.3) is 0 Å². The number of aryl methyl sites for hydroxylation is 1. The van der Waals surface area contributed by atoms with E-state index in [-0.39, 0.29) is 11.7 Å². The Hall–Kier alpha value is -3.81. The molecule has 0 unspecified atom stereocenters. The molecule has 1 N–H and O–H groups in total. The number of fused-ring (bicyclic) bond motifs is 1. The number of hydrogen-bond donors (Lipinski definition) is 1. The number of carbonyl (C=O) groups excluding carboxylic acids is 2. The van der Waals surface area contributed by atoms with Crippen molar-refractivity contribution in [2.24, 2.45) is 5.92 Å². The average Bonchev–Trinajstić information content (AvgIpc) is 2.82. The quantitative estimate of drug-likeness (QED) is 0.258. The van der Waals surface area contributed by atoms with Crippen molar-refractivity contribution in [3.8, 4) is 22.6 Å². The van der Waals surface area contributed by atoms with Gasteiger partial charge in [-0.05, 0) is 69.0 Å². The van der Waals surface area contributed by atoms with Crippen LogP contribution in [0, 0.1) is 12.8 Å². The van der Waals surface area contributed by atoms with Crippen LogP contribution in [-0.2, 0) is 9.53 Å². The Balaban J connectivity index is 1.94. The van der Waals surface area contributed by atoms with Gasteiger partial charge in [-0.15, -0.1) is 0 Å². The first-order chi connectivity index (χ1) is 16.9. The van der Waals surface area contributed by atoms with Gasteiger partial charge >= 0.3 is 17.7 Å². The van der Waals surface area contributed by atoms with Crippen molar-refractivity contribution in [1.82, 2.24) is 5.32 Å². The van der Waals surface area contributed by atoms with Gasteiger partial charge in [0, 0.05) is 17.0 Å². The molecule has 3 aromatic rings. The molecule has 0 fully saturated rings. The standard InChI is InChI=1S/C28H33NO7/c1-8-16(2)24(29-27(32)36-28(4,5)6)26(31)34-22-14-13-20-21(15-23(30)35-25(20)17(22)3)18-9-11-19(33-7)12-10-18/h9-16,24H,8H2,1-7H3,(H,29,32)/t16-,24+/m0/s1. The van der Waals surface area contributed by atoms with Crippen molar-refractivity contribution in [2.75, 3.05) is 7.11 Å². The summed E-state index contributed by atoms with van der Waals surface area (Å²) in [4.78, 5) is 37.9. The van der Waals surface area contributed by atoms with Crippen LogP contribution < -0.4 is 20.4 Å². The van der Waals surface area contributed by atoms with E-state index in [0.29, 0.717) is 34.3 Å². The maximum absolute atomic E-state index is 13.1. The SMILES string of the molecule is CC[C@H](C)[C@@H](NC(=O)OC(C)(C)C)C(=O)Oc1ccc2c(-c3ccc(OC)cc3)cc(=O)oc2c1C. The third-order valence-corrected chi connectivity index (χ3v) is 5.86. The van der Waals surface area contributed by atoms with Crippen molar-refractivity contribution in [3.63, 3.8) is 0 Å². The van der Waals surface area contributed by atoms with Gasteiger partial charge in [0.15, 0.2) is 0 Å². The number of amides is 1. The summed E-state index contributed by atoms with van der Waals surface area (Å²) in [6.45, 7) is 10.7. The minimum atomic E-state index is -0.919. The van der Waals surface area contributed by atoms with E-state index < -0.39 is 29.3 Å². The molecular weight excluding hydrogens is 462 g/mol. The largest absolute Gasteiger partial charge is 0.497 e. The van der Waals surface area contributed by atoms with E-state index in [2.05, 4.69) is 5.32 Å². The molecule has 2 aromatic carbocycles. The lowest BCUT2D eigenvalue weighted by atomic mass is 9.99. The Morgan fingerprint density at radius 3 is 2.33 bits per heavy atom. The zero-order valence-electron chi connectivity index (χ0n) is 21.8. The second kappa shape index (κ2) is 10.8. The molecule has 0 saturated heterocycles. The molecular formula is C28H33NO7. The highest BCUT2D eigenvalue weighted by Crippen LogP contribution is 2.34. The number of benzene rings is 2. The van der Waals surface area contributed by atoms with Gasteiger partial charge in [-0.25, -0.2) is 14.4 Å². The molecule has 8 nitrogen and oxygen atoms in total. The van der Waals surface area contributed by atoms with E-state index in [1.54, 1.807) is 46.9 Å². The fraction of sp³-hybridized carbons (Fsp3) is 0.393. The van der Waals surface area contributed by atoms with E-state index in [0.717, 1.165) is 5.56 Å². The molecule has 0 aliphatic rings. The monoisotopic (exact) mass is 495 g/mol. The highest BCUT2D eigenvalue weighted by atomic mass is 16.6. The van der Waals surface area contributed by atoms with Crippen LogP contribution in [-0.4, -0.2) is 30.8 Å². The molecule has 1 heterocycles. The second-order valence-corrected chi connectivity index (χ2v) is 9.70. The zero-order chi connectivity index (χ0) is 26.6. The second-order valence-electron chi connectivity index (χ2n) is 9.70. The van der Waals surface area contributed by atoms with Crippen LogP contribution in [0.25, 0.3) is 22.1 Å². The van der Waals surface area contributed by atoms with Crippen molar-refractivity contribution in [1.29, 1.82) is 0 Å². The molecule has 8 heteroatoms. The summed E-state index contributed by atoms with van der Waals surface area (Å²) in [5, 5.41) is 3.33. The average molecular weight is 496 g/mol.